The van der Waals surface area contributed by atoms with E-state index >= 15 is 0 Å². The molecule has 0 unspecified atom stereocenters. The van der Waals surface area contributed by atoms with E-state index in [2.05, 4.69) is 21.3 Å². The van der Waals surface area contributed by atoms with Crippen LogP contribution >= 0.6 is 0 Å². The molecule has 1 aliphatic rings. The Kier molecular flexibility index (Phi) is 5.88. The molecule has 1 aromatic carbocycles. The molecule has 0 atom stereocenters. The van der Waals surface area contributed by atoms with Crippen LogP contribution < -0.4 is 19.7 Å². The largest absolute Gasteiger partial charge is 0.497 e. The molecule has 7 nitrogen and oxygen atoms in total. The number of hydrogen-bond donors (Lipinski definition) is 1. The van der Waals surface area contributed by atoms with E-state index in [0.717, 1.165) is 37.4 Å². The summed E-state index contributed by atoms with van der Waals surface area (Å²) in [5.41, 5.74) is 1.69. The Hall–Kier alpha value is -3.48. The van der Waals surface area contributed by atoms with E-state index < -0.39 is 0 Å². The summed E-state index contributed by atoms with van der Waals surface area (Å²) >= 11 is 0. The van der Waals surface area contributed by atoms with Gasteiger partial charge in [-0.25, -0.2) is 4.98 Å². The Bertz CT molecular complexity index is 978. The van der Waals surface area contributed by atoms with Crippen molar-refractivity contribution in [3.8, 4) is 17.2 Å². The number of pyridine rings is 1. The molecule has 0 radical (unpaired) electrons. The topological polar surface area (TPSA) is 68.6 Å². The van der Waals surface area contributed by atoms with Gasteiger partial charge in [-0.1, -0.05) is 0 Å². The molecule has 0 saturated carbocycles. The van der Waals surface area contributed by atoms with E-state index in [9.17, 15) is 4.79 Å². The summed E-state index contributed by atoms with van der Waals surface area (Å²) in [6.45, 7) is 1.60. The smallest absolute Gasteiger partial charge is 0.227 e. The number of methoxy groups -OCH3 is 2. The normalized spacial score (nSPS) is 14.4. The minimum atomic E-state index is -0.0350. The van der Waals surface area contributed by atoms with Gasteiger partial charge in [0.2, 0.25) is 5.91 Å². The molecular formula is C23H26N4O3. The predicted molar refractivity (Wildman–Crippen MR) is 117 cm³/mol. The third-order valence-corrected chi connectivity index (χ3v) is 5.49. The van der Waals surface area contributed by atoms with Crippen molar-refractivity contribution in [2.45, 2.75) is 12.8 Å². The number of piperidine rings is 1. The summed E-state index contributed by atoms with van der Waals surface area (Å²) in [7, 11) is 3.18. The van der Waals surface area contributed by atoms with Crippen LogP contribution in [0, 0.1) is 5.92 Å². The molecule has 1 amide bonds. The highest BCUT2D eigenvalue weighted by atomic mass is 16.5. The first-order valence-electron chi connectivity index (χ1n) is 10.0. The number of amides is 1. The lowest BCUT2D eigenvalue weighted by molar-refractivity contribution is -0.120. The van der Waals surface area contributed by atoms with Crippen molar-refractivity contribution in [3.63, 3.8) is 0 Å². The Balaban J connectivity index is 1.34. The second-order valence-electron chi connectivity index (χ2n) is 7.28. The summed E-state index contributed by atoms with van der Waals surface area (Å²) < 4.78 is 12.6. The van der Waals surface area contributed by atoms with Gasteiger partial charge in [0.05, 0.1) is 31.8 Å². The van der Waals surface area contributed by atoms with Gasteiger partial charge in [-0.3, -0.25) is 4.79 Å². The van der Waals surface area contributed by atoms with Crippen LogP contribution in [-0.4, -0.2) is 42.8 Å². The number of nitrogens with one attached hydrogen (secondary N) is 1. The summed E-state index contributed by atoms with van der Waals surface area (Å²) in [6.07, 6.45) is 7.44. The molecule has 4 rings (SSSR count). The minimum absolute atomic E-state index is 0.0223. The van der Waals surface area contributed by atoms with Gasteiger partial charge in [0.25, 0.3) is 0 Å². The number of anilines is 2. The number of nitrogens with zero attached hydrogens (tertiary/aromatic N) is 3. The molecule has 156 valence electrons. The second kappa shape index (κ2) is 8.90. The van der Waals surface area contributed by atoms with Gasteiger partial charge in [-0.15, -0.1) is 0 Å². The van der Waals surface area contributed by atoms with Crippen molar-refractivity contribution in [2.75, 3.05) is 37.5 Å². The SMILES string of the molecule is COc1ccc(NC(=O)C2CCN(c3ccc(-n4cccc4)cn3)CC2)c(OC)c1. The predicted octanol–water partition coefficient (Wildman–Crippen LogP) is 3.74. The van der Waals surface area contributed by atoms with E-state index in [4.69, 9.17) is 9.47 Å². The summed E-state index contributed by atoms with van der Waals surface area (Å²) in [5, 5.41) is 3.00. The summed E-state index contributed by atoms with van der Waals surface area (Å²) in [4.78, 5) is 19.6. The van der Waals surface area contributed by atoms with Crippen LogP contribution in [0.4, 0.5) is 11.5 Å². The van der Waals surface area contributed by atoms with Crippen LogP contribution in [0.15, 0.2) is 61.1 Å². The molecule has 0 spiro atoms. The molecular weight excluding hydrogens is 380 g/mol. The molecule has 3 heterocycles. The van der Waals surface area contributed by atoms with Gasteiger partial charge in [0, 0.05) is 37.5 Å². The van der Waals surface area contributed by atoms with E-state index in [1.165, 1.54) is 0 Å². The lowest BCUT2D eigenvalue weighted by Gasteiger charge is -2.32. The standard InChI is InChI=1S/C23H26N4O3/c1-29-19-6-7-20(21(15-19)30-2)25-23(28)17-9-13-27(14-10-17)22-8-5-18(16-24-22)26-11-3-4-12-26/h3-8,11-12,15-17H,9-10,13-14H2,1-2H3,(H,25,28). The maximum absolute atomic E-state index is 12.8. The van der Waals surface area contributed by atoms with E-state index in [0.29, 0.717) is 17.2 Å². The number of carbonyl (C=O) groups excluding carboxylic acids is 1. The first-order valence-corrected chi connectivity index (χ1v) is 10.0. The zero-order valence-electron chi connectivity index (χ0n) is 17.2. The van der Waals surface area contributed by atoms with Crippen molar-refractivity contribution < 1.29 is 14.3 Å². The Morgan fingerprint density at radius 1 is 1.07 bits per heavy atom. The fraction of sp³-hybridized carbons (Fsp3) is 0.304. The molecule has 1 saturated heterocycles. The average molecular weight is 406 g/mol. The van der Waals surface area contributed by atoms with Crippen molar-refractivity contribution >= 4 is 17.4 Å². The van der Waals surface area contributed by atoms with Crippen LogP contribution in [0.5, 0.6) is 11.5 Å². The molecule has 1 fully saturated rings. The highest BCUT2D eigenvalue weighted by molar-refractivity contribution is 5.94. The van der Waals surface area contributed by atoms with E-state index in [1.54, 1.807) is 26.4 Å². The number of benzene rings is 1. The van der Waals surface area contributed by atoms with E-state index in [-0.39, 0.29) is 11.8 Å². The van der Waals surface area contributed by atoms with Crippen molar-refractivity contribution in [1.82, 2.24) is 9.55 Å². The number of rotatable bonds is 6. The number of carbonyl (C=O) groups is 1. The molecule has 1 aliphatic heterocycles. The van der Waals surface area contributed by atoms with Gasteiger partial charge in [-0.2, -0.15) is 0 Å². The van der Waals surface area contributed by atoms with E-state index in [1.807, 2.05) is 47.4 Å². The molecule has 3 aromatic rings. The Labute approximate surface area is 176 Å². The number of aromatic nitrogens is 2. The van der Waals surface area contributed by atoms with Crippen molar-refractivity contribution in [1.29, 1.82) is 0 Å². The third kappa shape index (κ3) is 4.25. The van der Waals surface area contributed by atoms with Crippen LogP contribution in [0.25, 0.3) is 5.69 Å². The van der Waals surface area contributed by atoms with Crippen LogP contribution in [0.3, 0.4) is 0 Å². The Morgan fingerprint density at radius 3 is 2.47 bits per heavy atom. The van der Waals surface area contributed by atoms with Crippen LogP contribution in [0.2, 0.25) is 0 Å². The minimum Gasteiger partial charge on any atom is -0.497 e. The first-order chi connectivity index (χ1) is 14.7. The molecule has 0 aliphatic carbocycles. The quantitative estimate of drug-likeness (QED) is 0.675. The maximum atomic E-state index is 12.8. The van der Waals surface area contributed by atoms with Crippen LogP contribution in [-0.2, 0) is 4.79 Å². The van der Waals surface area contributed by atoms with Gasteiger partial charge in [-0.05, 0) is 49.2 Å². The lowest BCUT2D eigenvalue weighted by atomic mass is 9.95. The van der Waals surface area contributed by atoms with Gasteiger partial charge >= 0.3 is 0 Å². The third-order valence-electron chi connectivity index (χ3n) is 5.49. The molecule has 0 bridgehead atoms. The van der Waals surface area contributed by atoms with Crippen molar-refractivity contribution in [3.05, 3.63) is 61.1 Å². The van der Waals surface area contributed by atoms with Crippen molar-refractivity contribution in [2.24, 2.45) is 5.92 Å². The monoisotopic (exact) mass is 406 g/mol. The zero-order valence-corrected chi connectivity index (χ0v) is 17.2. The highest BCUT2D eigenvalue weighted by Gasteiger charge is 2.26. The fourth-order valence-corrected chi connectivity index (χ4v) is 3.73. The lowest BCUT2D eigenvalue weighted by Crippen LogP contribution is -2.38. The van der Waals surface area contributed by atoms with Gasteiger partial charge in [0.15, 0.2) is 0 Å². The Morgan fingerprint density at radius 2 is 1.83 bits per heavy atom. The zero-order chi connectivity index (χ0) is 20.9. The number of hydrogen-bond acceptors (Lipinski definition) is 5. The molecule has 1 N–H and O–H groups in total. The van der Waals surface area contributed by atoms with Crippen LogP contribution in [0.1, 0.15) is 12.8 Å². The summed E-state index contributed by atoms with van der Waals surface area (Å²) in [5.74, 6) is 2.21. The fourth-order valence-electron chi connectivity index (χ4n) is 3.73. The number of ether oxygens (including phenoxy) is 2. The summed E-state index contributed by atoms with van der Waals surface area (Å²) in [6, 6.07) is 13.5. The highest BCUT2D eigenvalue weighted by Crippen LogP contribution is 2.30. The second-order valence-corrected chi connectivity index (χ2v) is 7.28. The van der Waals surface area contributed by atoms with Gasteiger partial charge < -0.3 is 24.3 Å². The average Bonchev–Trinajstić information content (AvgIpc) is 3.34. The maximum Gasteiger partial charge on any atom is 0.227 e. The molecule has 2 aromatic heterocycles. The molecule has 30 heavy (non-hydrogen) atoms. The first kappa shape index (κ1) is 19.8. The molecule has 7 heteroatoms. The van der Waals surface area contributed by atoms with Gasteiger partial charge in [0.1, 0.15) is 17.3 Å².